The molecule has 1 N–H and O–H groups in total. The smallest absolute Gasteiger partial charge is 0.321 e. The Morgan fingerprint density at radius 1 is 0.969 bits per heavy atom. The van der Waals surface area contributed by atoms with Crippen LogP contribution in [0.4, 0.5) is 18.9 Å². The minimum atomic E-state index is -4.54. The van der Waals surface area contributed by atoms with Crippen molar-refractivity contribution in [3.8, 4) is 6.07 Å². The molecule has 0 heterocycles. The molecule has 3 nitrogen and oxygen atoms in total. The molecule has 0 saturated heterocycles. The molecule has 0 aromatic heterocycles. The molecule has 0 bridgehead atoms. The van der Waals surface area contributed by atoms with Gasteiger partial charge in [-0.2, -0.15) is 18.4 Å². The number of amides is 1. The maximum atomic E-state index is 12.9. The number of nitriles is 1. The Morgan fingerprint density at radius 2 is 1.69 bits per heavy atom. The Labute approximate surface area is 192 Å². The van der Waals surface area contributed by atoms with Crippen molar-refractivity contribution in [3.05, 3.63) is 105 Å². The molecule has 8 heteroatoms. The maximum Gasteiger partial charge on any atom is 0.416 e. The first-order valence-electron chi connectivity index (χ1n) is 9.29. The number of halogens is 5. The van der Waals surface area contributed by atoms with E-state index < -0.39 is 17.6 Å². The Kier molecular flexibility index (Phi) is 7.24. The third-order valence-electron chi connectivity index (χ3n) is 4.54. The molecular formula is C24H15Cl2F3N2O. The molecule has 0 atom stereocenters. The van der Waals surface area contributed by atoms with Gasteiger partial charge in [-0.1, -0.05) is 59.6 Å². The second-order valence-electron chi connectivity index (χ2n) is 6.82. The molecule has 32 heavy (non-hydrogen) atoms. The van der Waals surface area contributed by atoms with E-state index in [1.54, 1.807) is 30.3 Å². The lowest BCUT2D eigenvalue weighted by atomic mass is 10.0. The summed E-state index contributed by atoms with van der Waals surface area (Å²) in [5.74, 6) is -0.830. The number of carbonyl (C=O) groups excluding carboxylic acids is 1. The molecule has 0 spiro atoms. The summed E-state index contributed by atoms with van der Waals surface area (Å²) < 4.78 is 38.6. The summed E-state index contributed by atoms with van der Waals surface area (Å²) in [4.78, 5) is 12.4. The number of benzene rings is 3. The normalized spacial score (nSPS) is 11.7. The van der Waals surface area contributed by atoms with Gasteiger partial charge < -0.3 is 5.32 Å². The zero-order chi connectivity index (χ0) is 23.3. The van der Waals surface area contributed by atoms with Crippen LogP contribution in [0.15, 0.2) is 72.3 Å². The van der Waals surface area contributed by atoms with Crippen LogP contribution >= 0.6 is 23.2 Å². The van der Waals surface area contributed by atoms with Gasteiger partial charge in [0.2, 0.25) is 0 Å². The molecule has 0 saturated carbocycles. The second-order valence-corrected chi connectivity index (χ2v) is 7.64. The molecule has 0 fully saturated rings. The summed E-state index contributed by atoms with van der Waals surface area (Å²) in [5, 5.41) is 12.7. The highest BCUT2D eigenvalue weighted by Gasteiger charge is 2.30. The number of nitrogens with zero attached hydrogens (tertiary/aromatic N) is 1. The van der Waals surface area contributed by atoms with E-state index in [-0.39, 0.29) is 11.3 Å². The highest BCUT2D eigenvalue weighted by Crippen LogP contribution is 2.31. The summed E-state index contributed by atoms with van der Waals surface area (Å²) in [6.45, 7) is 0. The molecule has 162 valence electrons. The van der Waals surface area contributed by atoms with E-state index >= 15 is 0 Å². The van der Waals surface area contributed by atoms with Crippen molar-refractivity contribution in [3.63, 3.8) is 0 Å². The third kappa shape index (κ3) is 5.91. The van der Waals surface area contributed by atoms with E-state index in [1.165, 1.54) is 18.2 Å². The SMILES string of the molecule is N#C/C(=C\c1ccc(Cc2ccccc2Cl)c(Cl)c1)C(=O)Nc1cccc(C(F)(F)F)c1. The van der Waals surface area contributed by atoms with Crippen LogP contribution in [0.1, 0.15) is 22.3 Å². The Balaban J connectivity index is 1.79. The van der Waals surface area contributed by atoms with Crippen molar-refractivity contribution in [1.82, 2.24) is 0 Å². The molecule has 0 aliphatic heterocycles. The van der Waals surface area contributed by atoms with Crippen molar-refractivity contribution >= 4 is 40.9 Å². The van der Waals surface area contributed by atoms with E-state index in [9.17, 15) is 23.2 Å². The zero-order valence-electron chi connectivity index (χ0n) is 16.4. The van der Waals surface area contributed by atoms with Gasteiger partial charge in [0.15, 0.2) is 0 Å². The van der Waals surface area contributed by atoms with E-state index in [0.29, 0.717) is 22.0 Å². The lowest BCUT2D eigenvalue weighted by Crippen LogP contribution is -2.14. The van der Waals surface area contributed by atoms with Gasteiger partial charge in [-0.3, -0.25) is 4.79 Å². The zero-order valence-corrected chi connectivity index (χ0v) is 17.9. The highest BCUT2D eigenvalue weighted by atomic mass is 35.5. The monoisotopic (exact) mass is 474 g/mol. The average molecular weight is 475 g/mol. The number of anilines is 1. The van der Waals surface area contributed by atoms with E-state index in [1.807, 2.05) is 18.2 Å². The quantitative estimate of drug-likeness (QED) is 0.315. The van der Waals surface area contributed by atoms with Gasteiger partial charge in [-0.05, 0) is 53.1 Å². The van der Waals surface area contributed by atoms with Crippen LogP contribution < -0.4 is 5.32 Å². The van der Waals surface area contributed by atoms with E-state index in [4.69, 9.17) is 23.2 Å². The lowest BCUT2D eigenvalue weighted by molar-refractivity contribution is -0.137. The Hall–Kier alpha value is -3.27. The maximum absolute atomic E-state index is 12.9. The fourth-order valence-electron chi connectivity index (χ4n) is 2.93. The van der Waals surface area contributed by atoms with Crippen molar-refractivity contribution in [2.75, 3.05) is 5.32 Å². The first kappa shape index (κ1) is 23.4. The number of nitrogens with one attached hydrogen (secondary N) is 1. The van der Waals surface area contributed by atoms with Crippen molar-refractivity contribution in [2.24, 2.45) is 0 Å². The van der Waals surface area contributed by atoms with Gasteiger partial charge in [0.1, 0.15) is 11.6 Å². The fourth-order valence-corrected chi connectivity index (χ4v) is 3.39. The molecule has 3 rings (SSSR count). The Morgan fingerprint density at radius 3 is 2.34 bits per heavy atom. The summed E-state index contributed by atoms with van der Waals surface area (Å²) in [6.07, 6.45) is -2.73. The Bertz CT molecular complexity index is 1230. The summed E-state index contributed by atoms with van der Waals surface area (Å²) in [5.41, 5.74) is 0.949. The molecule has 0 unspecified atom stereocenters. The molecule has 1 amide bonds. The first-order chi connectivity index (χ1) is 15.2. The highest BCUT2D eigenvalue weighted by molar-refractivity contribution is 6.32. The van der Waals surface area contributed by atoms with Crippen LogP contribution in [0.2, 0.25) is 10.0 Å². The number of hydrogen-bond donors (Lipinski definition) is 1. The van der Waals surface area contributed by atoms with Crippen molar-refractivity contribution in [2.45, 2.75) is 12.6 Å². The van der Waals surface area contributed by atoms with Gasteiger partial charge in [0.25, 0.3) is 5.91 Å². The van der Waals surface area contributed by atoms with E-state index in [0.717, 1.165) is 23.3 Å². The number of alkyl halides is 3. The molecule has 0 aliphatic carbocycles. The number of hydrogen-bond acceptors (Lipinski definition) is 2. The number of rotatable bonds is 5. The second kappa shape index (κ2) is 9.90. The topological polar surface area (TPSA) is 52.9 Å². The molecule has 3 aromatic rings. The van der Waals surface area contributed by atoms with E-state index in [2.05, 4.69) is 5.32 Å². The van der Waals surface area contributed by atoms with Crippen LogP contribution in [0.3, 0.4) is 0 Å². The standard InChI is InChI=1S/C24H15Cl2F3N2O/c25-21-7-2-1-4-16(21)12-17-9-8-15(11-22(17)26)10-18(14-30)23(32)31-20-6-3-5-19(13-20)24(27,28)29/h1-11,13H,12H2,(H,31,32)/b18-10+. The molecule has 0 aliphatic rings. The van der Waals surface area contributed by atoms with Gasteiger partial charge in [0.05, 0.1) is 5.56 Å². The molecular weight excluding hydrogens is 460 g/mol. The lowest BCUT2D eigenvalue weighted by Gasteiger charge is -2.10. The van der Waals surface area contributed by atoms with Crippen LogP contribution in [-0.4, -0.2) is 5.91 Å². The van der Waals surface area contributed by atoms with Gasteiger partial charge >= 0.3 is 6.18 Å². The molecule has 3 aromatic carbocycles. The average Bonchev–Trinajstić information content (AvgIpc) is 2.74. The first-order valence-corrected chi connectivity index (χ1v) is 10.0. The van der Waals surface area contributed by atoms with Gasteiger partial charge in [-0.25, -0.2) is 0 Å². The van der Waals surface area contributed by atoms with Crippen LogP contribution in [0.5, 0.6) is 0 Å². The summed E-state index contributed by atoms with van der Waals surface area (Å²) in [7, 11) is 0. The summed E-state index contributed by atoms with van der Waals surface area (Å²) in [6, 6.07) is 18.3. The molecule has 0 radical (unpaired) electrons. The predicted molar refractivity (Wildman–Crippen MR) is 119 cm³/mol. The largest absolute Gasteiger partial charge is 0.416 e. The van der Waals surface area contributed by atoms with Crippen molar-refractivity contribution in [1.29, 1.82) is 5.26 Å². The minimum Gasteiger partial charge on any atom is -0.321 e. The van der Waals surface area contributed by atoms with Crippen molar-refractivity contribution < 1.29 is 18.0 Å². The van der Waals surface area contributed by atoms with Gasteiger partial charge in [-0.15, -0.1) is 0 Å². The minimum absolute atomic E-state index is 0.0703. The predicted octanol–water partition coefficient (Wildman–Crippen LogP) is 7.15. The third-order valence-corrected chi connectivity index (χ3v) is 5.26. The summed E-state index contributed by atoms with van der Waals surface area (Å²) >= 11 is 12.6. The van der Waals surface area contributed by atoms with Crippen LogP contribution in [0.25, 0.3) is 6.08 Å². The van der Waals surface area contributed by atoms with Gasteiger partial charge in [0, 0.05) is 22.2 Å². The fraction of sp³-hybridized carbons (Fsp3) is 0.0833. The number of carbonyl (C=O) groups is 1. The van der Waals surface area contributed by atoms with Crippen LogP contribution in [-0.2, 0) is 17.4 Å². The van der Waals surface area contributed by atoms with Crippen LogP contribution in [0, 0.1) is 11.3 Å².